The molecule has 2 aliphatic heterocycles. The van der Waals surface area contributed by atoms with Gasteiger partial charge in [0.15, 0.2) is 5.82 Å². The fourth-order valence-electron chi connectivity index (χ4n) is 3.96. The van der Waals surface area contributed by atoms with Gasteiger partial charge in [-0.05, 0) is 44.4 Å². The molecule has 3 fully saturated rings. The normalized spacial score (nSPS) is 22.2. The van der Waals surface area contributed by atoms with Crippen molar-refractivity contribution in [3.05, 3.63) is 22.7 Å². The number of amides is 1. The largest absolute Gasteiger partial charge is 0.352 e. The van der Waals surface area contributed by atoms with Gasteiger partial charge in [0, 0.05) is 51.0 Å². The molecule has 0 atom stereocenters. The van der Waals surface area contributed by atoms with Crippen molar-refractivity contribution in [3.8, 4) is 0 Å². The third-order valence-corrected chi connectivity index (χ3v) is 5.63. The smallest absolute Gasteiger partial charge is 0.293 e. The summed E-state index contributed by atoms with van der Waals surface area (Å²) < 4.78 is 1.84. The van der Waals surface area contributed by atoms with E-state index in [0.717, 1.165) is 64.7 Å². The van der Waals surface area contributed by atoms with Gasteiger partial charge in [-0.25, -0.2) is 4.98 Å². The quantitative estimate of drug-likeness (QED) is 0.845. The molecule has 3 aliphatic rings. The Morgan fingerprint density at radius 3 is 2.46 bits per heavy atom. The molecule has 130 valence electrons. The van der Waals surface area contributed by atoms with Crippen LogP contribution in [-0.2, 0) is 4.79 Å². The zero-order valence-corrected chi connectivity index (χ0v) is 14.2. The number of piperidine rings is 1. The van der Waals surface area contributed by atoms with Crippen LogP contribution in [0.2, 0.25) is 0 Å². The maximum atomic E-state index is 12.6. The minimum absolute atomic E-state index is 0.0478. The first-order chi connectivity index (χ1) is 11.7. The molecule has 0 N–H and O–H groups in total. The first kappa shape index (κ1) is 15.7. The first-order valence-corrected chi connectivity index (χ1v) is 9.32. The molecular weight excluding hydrogens is 304 g/mol. The van der Waals surface area contributed by atoms with E-state index in [1.54, 1.807) is 6.20 Å². The molecule has 0 aromatic carbocycles. The second-order valence-corrected chi connectivity index (χ2v) is 7.42. The zero-order chi connectivity index (χ0) is 16.5. The molecule has 1 saturated carbocycles. The van der Waals surface area contributed by atoms with Crippen molar-refractivity contribution in [2.45, 2.75) is 51.0 Å². The molecule has 1 aromatic rings. The highest BCUT2D eigenvalue weighted by atomic mass is 16.2. The number of carbonyl (C=O) groups excluding carboxylic acids is 1. The molecule has 4 rings (SSSR count). The second kappa shape index (κ2) is 6.57. The van der Waals surface area contributed by atoms with Gasteiger partial charge >= 0.3 is 0 Å². The Bertz CT molecular complexity index is 653. The Morgan fingerprint density at radius 2 is 1.79 bits per heavy atom. The van der Waals surface area contributed by atoms with Crippen LogP contribution >= 0.6 is 0 Å². The maximum absolute atomic E-state index is 12.6. The molecule has 2 saturated heterocycles. The van der Waals surface area contributed by atoms with E-state index >= 15 is 0 Å². The standard InChI is InChI=1S/C18H26N4O2/c23-16(20-8-1-2-9-20)13-14-5-10-21(11-6-14)17-18(24)22(12-7-19-17)15-3-4-15/h7,12,14-15H,1-6,8-11,13H2. The van der Waals surface area contributed by atoms with Crippen molar-refractivity contribution in [3.63, 3.8) is 0 Å². The molecule has 6 nitrogen and oxygen atoms in total. The third-order valence-electron chi connectivity index (χ3n) is 5.63. The summed E-state index contributed by atoms with van der Waals surface area (Å²) >= 11 is 0. The topological polar surface area (TPSA) is 58.4 Å². The monoisotopic (exact) mass is 330 g/mol. The molecule has 3 heterocycles. The van der Waals surface area contributed by atoms with E-state index in [1.165, 1.54) is 0 Å². The van der Waals surface area contributed by atoms with Crippen LogP contribution in [-0.4, -0.2) is 46.5 Å². The Balaban J connectivity index is 1.35. The zero-order valence-electron chi connectivity index (χ0n) is 14.2. The van der Waals surface area contributed by atoms with Crippen LogP contribution in [0, 0.1) is 5.92 Å². The van der Waals surface area contributed by atoms with E-state index in [4.69, 9.17) is 0 Å². The van der Waals surface area contributed by atoms with Crippen LogP contribution < -0.4 is 10.5 Å². The van der Waals surface area contributed by atoms with E-state index < -0.39 is 0 Å². The number of carbonyl (C=O) groups is 1. The summed E-state index contributed by atoms with van der Waals surface area (Å²) in [4.78, 5) is 33.3. The molecule has 1 amide bonds. The summed E-state index contributed by atoms with van der Waals surface area (Å²) in [6.45, 7) is 3.53. The number of anilines is 1. The maximum Gasteiger partial charge on any atom is 0.293 e. The Hall–Kier alpha value is -1.85. The lowest BCUT2D eigenvalue weighted by Gasteiger charge is -2.32. The van der Waals surface area contributed by atoms with Crippen molar-refractivity contribution < 1.29 is 4.79 Å². The fourth-order valence-corrected chi connectivity index (χ4v) is 3.96. The van der Waals surface area contributed by atoms with Crippen molar-refractivity contribution in [2.24, 2.45) is 5.92 Å². The number of aromatic nitrogens is 2. The molecule has 0 bridgehead atoms. The highest BCUT2D eigenvalue weighted by molar-refractivity contribution is 5.76. The average Bonchev–Trinajstić information content (AvgIpc) is 3.29. The highest BCUT2D eigenvalue weighted by Gasteiger charge is 2.29. The van der Waals surface area contributed by atoms with Crippen LogP contribution in [0.5, 0.6) is 0 Å². The van der Waals surface area contributed by atoms with Gasteiger partial charge in [-0.2, -0.15) is 0 Å². The van der Waals surface area contributed by atoms with Gasteiger partial charge in [-0.3, -0.25) is 9.59 Å². The summed E-state index contributed by atoms with van der Waals surface area (Å²) in [6, 6.07) is 0.384. The average molecular weight is 330 g/mol. The van der Waals surface area contributed by atoms with Gasteiger partial charge in [-0.1, -0.05) is 0 Å². The second-order valence-electron chi connectivity index (χ2n) is 7.42. The number of likely N-dealkylation sites (tertiary alicyclic amines) is 1. The predicted molar refractivity (Wildman–Crippen MR) is 92.1 cm³/mol. The lowest BCUT2D eigenvalue weighted by atomic mass is 9.93. The first-order valence-electron chi connectivity index (χ1n) is 9.32. The van der Waals surface area contributed by atoms with Gasteiger partial charge in [0.2, 0.25) is 5.91 Å². The molecule has 0 unspecified atom stereocenters. The SMILES string of the molecule is O=C(CC1CCN(c2nccn(C3CC3)c2=O)CC1)N1CCCC1. The van der Waals surface area contributed by atoms with E-state index in [1.807, 2.05) is 15.7 Å². The van der Waals surface area contributed by atoms with Crippen LogP contribution in [0.4, 0.5) is 5.82 Å². The lowest BCUT2D eigenvalue weighted by Crippen LogP contribution is -2.40. The van der Waals surface area contributed by atoms with Crippen molar-refractivity contribution in [1.29, 1.82) is 0 Å². The summed E-state index contributed by atoms with van der Waals surface area (Å²) in [5.74, 6) is 1.36. The van der Waals surface area contributed by atoms with Crippen LogP contribution in [0.1, 0.15) is 51.0 Å². The summed E-state index contributed by atoms with van der Waals surface area (Å²) in [7, 11) is 0. The highest BCUT2D eigenvalue weighted by Crippen LogP contribution is 2.33. The number of rotatable bonds is 4. The van der Waals surface area contributed by atoms with Crippen LogP contribution in [0.15, 0.2) is 17.2 Å². The summed E-state index contributed by atoms with van der Waals surface area (Å²) in [6.07, 6.45) is 10.7. The van der Waals surface area contributed by atoms with Gasteiger partial charge < -0.3 is 14.4 Å². The number of nitrogens with zero attached hydrogens (tertiary/aromatic N) is 4. The van der Waals surface area contributed by atoms with Crippen molar-refractivity contribution in [1.82, 2.24) is 14.5 Å². The minimum Gasteiger partial charge on any atom is -0.352 e. The van der Waals surface area contributed by atoms with E-state index in [-0.39, 0.29) is 5.56 Å². The lowest BCUT2D eigenvalue weighted by molar-refractivity contribution is -0.131. The molecule has 0 spiro atoms. The molecule has 24 heavy (non-hydrogen) atoms. The van der Waals surface area contributed by atoms with Gasteiger partial charge in [0.25, 0.3) is 5.56 Å². The van der Waals surface area contributed by atoms with E-state index in [2.05, 4.69) is 9.88 Å². The van der Waals surface area contributed by atoms with Crippen LogP contribution in [0.25, 0.3) is 0 Å². The van der Waals surface area contributed by atoms with Gasteiger partial charge in [-0.15, -0.1) is 0 Å². The minimum atomic E-state index is 0.0478. The Labute approximate surface area is 142 Å². The van der Waals surface area contributed by atoms with Gasteiger partial charge in [0.05, 0.1) is 0 Å². The predicted octanol–water partition coefficient (Wildman–Crippen LogP) is 1.81. The summed E-state index contributed by atoms with van der Waals surface area (Å²) in [5.41, 5.74) is 0.0478. The summed E-state index contributed by atoms with van der Waals surface area (Å²) in [5, 5.41) is 0. The fraction of sp³-hybridized carbons (Fsp3) is 0.722. The molecule has 0 radical (unpaired) electrons. The molecule has 6 heteroatoms. The van der Waals surface area contributed by atoms with Crippen LogP contribution in [0.3, 0.4) is 0 Å². The van der Waals surface area contributed by atoms with E-state index in [0.29, 0.717) is 30.1 Å². The molecular formula is C18H26N4O2. The third kappa shape index (κ3) is 3.19. The van der Waals surface area contributed by atoms with Crippen molar-refractivity contribution >= 4 is 11.7 Å². The van der Waals surface area contributed by atoms with Gasteiger partial charge in [0.1, 0.15) is 0 Å². The van der Waals surface area contributed by atoms with E-state index in [9.17, 15) is 9.59 Å². The molecule has 1 aliphatic carbocycles. The Kier molecular flexibility index (Phi) is 4.29. The molecule has 1 aromatic heterocycles. The number of hydrogen-bond donors (Lipinski definition) is 0. The van der Waals surface area contributed by atoms with Crippen molar-refractivity contribution in [2.75, 3.05) is 31.1 Å². The number of hydrogen-bond acceptors (Lipinski definition) is 4. The Morgan fingerprint density at radius 1 is 1.08 bits per heavy atom.